The number of hydrogen-bond acceptors (Lipinski definition) is 0. The standard InChI is InChI=1S/C6H6F3.ClH.Zn/c7-6(8,9)5-1-4(2-5)3-5;;/h1-3H2;1H;/q;;+1/p-1. The topological polar surface area (TPSA) is 0 Å². The molecule has 0 atom stereocenters. The molecule has 0 aliphatic heterocycles. The van der Waals surface area contributed by atoms with Gasteiger partial charge < -0.3 is 12.4 Å². The van der Waals surface area contributed by atoms with Crippen molar-refractivity contribution in [3.8, 4) is 0 Å². The van der Waals surface area contributed by atoms with Crippen molar-refractivity contribution in [2.75, 3.05) is 0 Å². The summed E-state index contributed by atoms with van der Waals surface area (Å²) in [5, 5.41) is 0. The van der Waals surface area contributed by atoms with Gasteiger partial charge in [-0.05, 0) is 0 Å². The van der Waals surface area contributed by atoms with Crippen LogP contribution < -0.4 is 12.4 Å². The van der Waals surface area contributed by atoms with Gasteiger partial charge in [0.05, 0.1) is 0 Å². The molecule has 3 aliphatic carbocycles. The average molecular weight is 236 g/mol. The second kappa shape index (κ2) is 2.14. The zero-order valence-corrected chi connectivity index (χ0v) is 9.56. The second-order valence-corrected chi connectivity index (χ2v) is 6.96. The molecule has 3 aliphatic rings. The van der Waals surface area contributed by atoms with Crippen molar-refractivity contribution in [3.63, 3.8) is 0 Å². The van der Waals surface area contributed by atoms with Crippen LogP contribution in [0.4, 0.5) is 13.2 Å². The van der Waals surface area contributed by atoms with E-state index in [-0.39, 0.29) is 16.4 Å². The summed E-state index contributed by atoms with van der Waals surface area (Å²) < 4.78 is 36.5. The van der Waals surface area contributed by atoms with Crippen LogP contribution in [-0.2, 0) is 18.3 Å². The van der Waals surface area contributed by atoms with Crippen molar-refractivity contribution in [2.45, 2.75) is 29.4 Å². The van der Waals surface area contributed by atoms with Crippen LogP contribution in [-0.4, -0.2) is 6.18 Å². The Morgan fingerprint density at radius 3 is 1.55 bits per heavy atom. The first-order valence-electron chi connectivity index (χ1n) is 3.29. The van der Waals surface area contributed by atoms with Gasteiger partial charge in [0.2, 0.25) is 0 Å². The van der Waals surface area contributed by atoms with Gasteiger partial charge in [-0.2, -0.15) is 0 Å². The zero-order chi connectivity index (χ0) is 7.62. The summed E-state index contributed by atoms with van der Waals surface area (Å²) in [6, 6.07) is 0. The summed E-state index contributed by atoms with van der Waals surface area (Å²) in [6.45, 7) is 0. The van der Waals surface area contributed by atoms with Crippen LogP contribution in [0.5, 0.6) is 0 Å². The molecule has 0 unspecified atom stereocenters. The Kier molecular flexibility index (Phi) is 1.90. The van der Waals surface area contributed by atoms with Gasteiger partial charge in [0.25, 0.3) is 0 Å². The van der Waals surface area contributed by atoms with Crippen LogP contribution in [0.15, 0.2) is 0 Å². The summed E-state index contributed by atoms with van der Waals surface area (Å²) in [4.78, 5) is 0. The van der Waals surface area contributed by atoms with Crippen LogP contribution >= 0.6 is 0 Å². The first kappa shape index (κ1) is 9.79. The minimum absolute atomic E-state index is 0. The van der Waals surface area contributed by atoms with Crippen LogP contribution in [0.2, 0.25) is 4.01 Å². The molecule has 3 saturated carbocycles. The van der Waals surface area contributed by atoms with Crippen molar-refractivity contribution in [1.29, 1.82) is 0 Å². The van der Waals surface area contributed by atoms with E-state index in [4.69, 9.17) is 0 Å². The first-order valence-corrected chi connectivity index (χ1v) is 4.78. The molecule has 0 spiro atoms. The largest absolute Gasteiger partial charge is 1.00 e. The van der Waals surface area contributed by atoms with Crippen LogP contribution in [0, 0.1) is 5.41 Å². The second-order valence-electron chi connectivity index (χ2n) is 3.81. The van der Waals surface area contributed by atoms with E-state index >= 15 is 0 Å². The molecule has 3 rings (SSSR count). The Hall–Kier alpha value is 0.703. The summed E-state index contributed by atoms with van der Waals surface area (Å²) in [6.07, 6.45) is -2.60. The third-order valence-electron chi connectivity index (χ3n) is 2.74. The first-order chi connectivity index (χ1) is 4.37. The quantitative estimate of drug-likeness (QED) is 0.494. The van der Waals surface area contributed by atoms with Crippen LogP contribution in [0.1, 0.15) is 19.3 Å². The predicted molar refractivity (Wildman–Crippen MR) is 25.0 cm³/mol. The molecule has 2 bridgehead atoms. The van der Waals surface area contributed by atoms with E-state index in [2.05, 4.69) is 0 Å². The molecule has 0 aromatic carbocycles. The van der Waals surface area contributed by atoms with Crippen molar-refractivity contribution < 1.29 is 43.9 Å². The van der Waals surface area contributed by atoms with Gasteiger partial charge in [0.1, 0.15) is 0 Å². The molecule has 11 heavy (non-hydrogen) atoms. The molecule has 0 nitrogen and oxygen atoms in total. The minimum atomic E-state index is -3.91. The van der Waals surface area contributed by atoms with Gasteiger partial charge in [0.15, 0.2) is 0 Å². The Labute approximate surface area is 79.0 Å². The van der Waals surface area contributed by atoms with E-state index in [0.29, 0.717) is 19.3 Å². The summed E-state index contributed by atoms with van der Waals surface area (Å²) in [5.74, 6) is 0. The van der Waals surface area contributed by atoms with Crippen molar-refractivity contribution >= 4 is 0 Å². The molecule has 3 fully saturated rings. The zero-order valence-electron chi connectivity index (χ0n) is 5.84. The predicted octanol–water partition coefficient (Wildman–Crippen LogP) is -0.558. The molecule has 0 N–H and O–H groups in total. The molecule has 0 saturated heterocycles. The fourth-order valence-corrected chi connectivity index (χ4v) is 5.31. The maximum absolute atomic E-state index is 12.1. The van der Waals surface area contributed by atoms with E-state index in [1.165, 1.54) is 0 Å². The monoisotopic (exact) mass is 234 g/mol. The van der Waals surface area contributed by atoms with Crippen molar-refractivity contribution in [3.05, 3.63) is 0 Å². The SMILES string of the molecule is FC(F)(F)C12C[C]([Zn+])(C1)C2.[Cl-]. The molecular weight excluding hydrogens is 230 g/mol. The molecule has 0 heterocycles. The summed E-state index contributed by atoms with van der Waals surface area (Å²) in [5.41, 5.74) is -1.20. The van der Waals surface area contributed by atoms with Crippen molar-refractivity contribution in [2.24, 2.45) is 5.41 Å². The van der Waals surface area contributed by atoms with E-state index < -0.39 is 11.6 Å². The number of rotatable bonds is 0. The third kappa shape index (κ3) is 1.06. The molecule has 60 valence electrons. The molecule has 0 aromatic rings. The fourth-order valence-electron chi connectivity index (χ4n) is 2.30. The minimum Gasteiger partial charge on any atom is -1.00 e. The Balaban J connectivity index is 0.000000605. The molecule has 0 radical (unpaired) electrons. The van der Waals surface area contributed by atoms with Gasteiger partial charge in [-0.15, -0.1) is 0 Å². The van der Waals surface area contributed by atoms with E-state index in [0.717, 1.165) is 18.3 Å². The van der Waals surface area contributed by atoms with Gasteiger partial charge >= 0.3 is 66.3 Å². The van der Waals surface area contributed by atoms with Crippen molar-refractivity contribution in [1.82, 2.24) is 0 Å². The van der Waals surface area contributed by atoms with Crippen LogP contribution in [0.25, 0.3) is 0 Å². The Morgan fingerprint density at radius 1 is 1.09 bits per heavy atom. The maximum Gasteiger partial charge on any atom is -1.00 e. The number of hydrogen-bond donors (Lipinski definition) is 0. The Bertz CT molecular complexity index is 169. The summed E-state index contributed by atoms with van der Waals surface area (Å²) >= 11 is 1.05. The number of halogens is 4. The molecule has 0 amide bonds. The van der Waals surface area contributed by atoms with E-state index in [1.807, 2.05) is 0 Å². The molecule has 0 aromatic heterocycles. The van der Waals surface area contributed by atoms with E-state index in [1.54, 1.807) is 0 Å². The van der Waals surface area contributed by atoms with Gasteiger partial charge in [-0.25, -0.2) is 0 Å². The smallest absolute Gasteiger partial charge is 1.00 e. The molecular formula is C6H6ClF3Zn. The van der Waals surface area contributed by atoms with Crippen LogP contribution in [0.3, 0.4) is 0 Å². The van der Waals surface area contributed by atoms with Gasteiger partial charge in [-0.1, -0.05) is 0 Å². The Morgan fingerprint density at radius 2 is 1.45 bits per heavy atom. The van der Waals surface area contributed by atoms with Gasteiger partial charge in [0, 0.05) is 0 Å². The normalized spacial score (nSPS) is 47.0. The van der Waals surface area contributed by atoms with E-state index in [9.17, 15) is 13.2 Å². The average Bonchev–Trinajstić information content (AvgIpc) is 1.51. The van der Waals surface area contributed by atoms with Gasteiger partial charge in [-0.3, -0.25) is 0 Å². The maximum atomic E-state index is 12.1. The fraction of sp³-hybridized carbons (Fsp3) is 1.00. The summed E-state index contributed by atoms with van der Waals surface area (Å²) in [7, 11) is 0. The molecule has 5 heteroatoms. The third-order valence-corrected chi connectivity index (χ3v) is 4.32. The number of alkyl halides is 3.